The van der Waals surface area contributed by atoms with Gasteiger partial charge in [-0.05, 0) is 62.7 Å². The van der Waals surface area contributed by atoms with Gasteiger partial charge < -0.3 is 15.4 Å². The predicted molar refractivity (Wildman–Crippen MR) is 116 cm³/mol. The number of ether oxygens (including phenoxy) is 1. The van der Waals surface area contributed by atoms with Crippen molar-refractivity contribution in [2.75, 3.05) is 17.2 Å². The lowest BCUT2D eigenvalue weighted by Gasteiger charge is -2.10. The van der Waals surface area contributed by atoms with Crippen LogP contribution in [0.15, 0.2) is 54.6 Å². The first-order valence-corrected chi connectivity index (χ1v) is 9.68. The van der Waals surface area contributed by atoms with Crippen molar-refractivity contribution in [2.24, 2.45) is 0 Å². The number of hydrogen-bond acceptors (Lipinski definition) is 6. The van der Waals surface area contributed by atoms with E-state index in [1.54, 1.807) is 49.4 Å². The van der Waals surface area contributed by atoms with Crippen molar-refractivity contribution in [3.05, 3.63) is 77.1 Å². The number of carbonyl (C=O) groups is 2. The summed E-state index contributed by atoms with van der Waals surface area (Å²) in [5.41, 5.74) is 4.42. The zero-order valence-corrected chi connectivity index (χ0v) is 17.2. The molecule has 3 aromatic rings. The standard InChI is InChI=1S/C23H24N4O3/c1-4-30-21(28)13-17-8-10-19(11-9-17)26-22(29)18-6-5-7-20(14-18)27-23-24-15(2)12-16(3)25-23/h5-12,14H,4,13H2,1-3H3,(H,26,29)(H,24,25,27). The molecule has 154 valence electrons. The van der Waals surface area contributed by atoms with Crippen molar-refractivity contribution in [1.82, 2.24) is 9.97 Å². The van der Waals surface area contributed by atoms with Crippen molar-refractivity contribution >= 4 is 29.2 Å². The molecule has 30 heavy (non-hydrogen) atoms. The summed E-state index contributed by atoms with van der Waals surface area (Å²) in [5.74, 6) is -0.0215. The SMILES string of the molecule is CCOC(=O)Cc1ccc(NC(=O)c2cccc(Nc3nc(C)cc(C)n3)c2)cc1. The number of anilines is 3. The Labute approximate surface area is 175 Å². The second kappa shape index (κ2) is 9.65. The Morgan fingerprint density at radius 3 is 2.30 bits per heavy atom. The second-order valence-electron chi connectivity index (χ2n) is 6.81. The first-order chi connectivity index (χ1) is 14.4. The molecule has 2 N–H and O–H groups in total. The number of rotatable bonds is 7. The van der Waals surface area contributed by atoms with E-state index in [1.165, 1.54) is 0 Å². The fraction of sp³-hybridized carbons (Fsp3) is 0.217. The van der Waals surface area contributed by atoms with Crippen LogP contribution in [0.25, 0.3) is 0 Å². The molecule has 1 aromatic heterocycles. The highest BCUT2D eigenvalue weighted by Crippen LogP contribution is 2.17. The Bertz CT molecular complexity index is 1030. The number of esters is 1. The van der Waals surface area contributed by atoms with Crippen LogP contribution in [0.3, 0.4) is 0 Å². The normalized spacial score (nSPS) is 10.4. The van der Waals surface area contributed by atoms with Gasteiger partial charge in [-0.3, -0.25) is 9.59 Å². The molecule has 0 aliphatic carbocycles. The van der Waals surface area contributed by atoms with Crippen molar-refractivity contribution in [3.8, 4) is 0 Å². The van der Waals surface area contributed by atoms with Gasteiger partial charge in [-0.2, -0.15) is 0 Å². The summed E-state index contributed by atoms with van der Waals surface area (Å²) in [6, 6.07) is 16.1. The van der Waals surface area contributed by atoms with Gasteiger partial charge in [0.15, 0.2) is 0 Å². The highest BCUT2D eigenvalue weighted by Gasteiger charge is 2.09. The maximum atomic E-state index is 12.6. The smallest absolute Gasteiger partial charge is 0.310 e. The van der Waals surface area contributed by atoms with Crippen LogP contribution in [0.1, 0.15) is 34.2 Å². The molecule has 7 heteroatoms. The monoisotopic (exact) mass is 404 g/mol. The molecule has 0 spiro atoms. The van der Waals surface area contributed by atoms with Crippen LogP contribution in [0, 0.1) is 13.8 Å². The average molecular weight is 404 g/mol. The van der Waals surface area contributed by atoms with Crippen LogP contribution in [0.5, 0.6) is 0 Å². The van der Waals surface area contributed by atoms with E-state index in [0.717, 1.165) is 22.6 Å². The number of nitrogens with one attached hydrogen (secondary N) is 2. The summed E-state index contributed by atoms with van der Waals surface area (Å²) in [6.07, 6.45) is 0.205. The Kier molecular flexibility index (Phi) is 6.75. The number of benzene rings is 2. The van der Waals surface area contributed by atoms with Crippen molar-refractivity contribution < 1.29 is 14.3 Å². The number of aromatic nitrogens is 2. The molecule has 7 nitrogen and oxygen atoms in total. The second-order valence-corrected chi connectivity index (χ2v) is 6.81. The molecule has 0 radical (unpaired) electrons. The average Bonchev–Trinajstić information content (AvgIpc) is 2.69. The fourth-order valence-electron chi connectivity index (χ4n) is 2.94. The fourth-order valence-corrected chi connectivity index (χ4v) is 2.94. The minimum atomic E-state index is -0.272. The predicted octanol–water partition coefficient (Wildman–Crippen LogP) is 4.19. The Hall–Kier alpha value is -3.74. The number of aryl methyl sites for hydroxylation is 2. The van der Waals surface area contributed by atoms with E-state index in [0.29, 0.717) is 23.8 Å². The molecular weight excluding hydrogens is 380 g/mol. The van der Waals surface area contributed by atoms with Crippen molar-refractivity contribution in [3.63, 3.8) is 0 Å². The van der Waals surface area contributed by atoms with E-state index >= 15 is 0 Å². The molecular formula is C23H24N4O3. The quantitative estimate of drug-likeness (QED) is 0.574. The minimum Gasteiger partial charge on any atom is -0.466 e. The zero-order chi connectivity index (χ0) is 21.5. The summed E-state index contributed by atoms with van der Waals surface area (Å²) in [4.78, 5) is 32.9. The lowest BCUT2D eigenvalue weighted by molar-refractivity contribution is -0.142. The van der Waals surface area contributed by atoms with Crippen LogP contribution < -0.4 is 10.6 Å². The summed E-state index contributed by atoms with van der Waals surface area (Å²) in [7, 11) is 0. The van der Waals surface area contributed by atoms with Gasteiger partial charge in [0.05, 0.1) is 13.0 Å². The molecule has 0 saturated carbocycles. The molecule has 3 rings (SSSR count). The molecule has 1 amide bonds. The number of hydrogen-bond donors (Lipinski definition) is 2. The van der Waals surface area contributed by atoms with Gasteiger partial charge >= 0.3 is 5.97 Å². The lowest BCUT2D eigenvalue weighted by Crippen LogP contribution is -2.12. The Balaban J connectivity index is 1.65. The van der Waals surface area contributed by atoms with Gasteiger partial charge in [0.25, 0.3) is 5.91 Å². The summed E-state index contributed by atoms with van der Waals surface area (Å²) in [5, 5.41) is 5.99. The molecule has 0 saturated heterocycles. The number of nitrogens with zero attached hydrogens (tertiary/aromatic N) is 2. The highest BCUT2D eigenvalue weighted by atomic mass is 16.5. The largest absolute Gasteiger partial charge is 0.466 e. The van der Waals surface area contributed by atoms with Crippen LogP contribution in [0.2, 0.25) is 0 Å². The highest BCUT2D eigenvalue weighted by molar-refractivity contribution is 6.04. The zero-order valence-electron chi connectivity index (χ0n) is 17.2. The third kappa shape index (κ3) is 5.88. The topological polar surface area (TPSA) is 93.2 Å². The molecule has 0 atom stereocenters. The maximum absolute atomic E-state index is 12.6. The first kappa shape index (κ1) is 21.0. The van der Waals surface area contributed by atoms with Gasteiger partial charge in [0, 0.05) is 28.3 Å². The molecule has 0 fully saturated rings. The number of carbonyl (C=O) groups excluding carboxylic acids is 2. The number of amides is 1. The summed E-state index contributed by atoms with van der Waals surface area (Å²) in [6.45, 7) is 5.94. The lowest BCUT2D eigenvalue weighted by atomic mass is 10.1. The molecule has 0 aliphatic rings. The van der Waals surface area contributed by atoms with Gasteiger partial charge in [-0.15, -0.1) is 0 Å². The Morgan fingerprint density at radius 1 is 0.933 bits per heavy atom. The molecule has 2 aromatic carbocycles. The van der Waals surface area contributed by atoms with Crippen molar-refractivity contribution in [2.45, 2.75) is 27.2 Å². The maximum Gasteiger partial charge on any atom is 0.310 e. The summed E-state index contributed by atoms with van der Waals surface area (Å²) < 4.78 is 4.94. The van der Waals surface area contributed by atoms with E-state index in [9.17, 15) is 9.59 Å². The van der Waals surface area contributed by atoms with Crippen molar-refractivity contribution in [1.29, 1.82) is 0 Å². The third-order valence-electron chi connectivity index (χ3n) is 4.23. The van der Waals surface area contributed by atoms with Gasteiger partial charge in [-0.25, -0.2) is 9.97 Å². The van der Waals surface area contributed by atoms with Crippen LogP contribution >= 0.6 is 0 Å². The van der Waals surface area contributed by atoms with Gasteiger partial charge in [0.1, 0.15) is 0 Å². The van der Waals surface area contributed by atoms with Crippen LogP contribution in [0.4, 0.5) is 17.3 Å². The Morgan fingerprint density at radius 2 is 1.63 bits per heavy atom. The van der Waals surface area contributed by atoms with E-state index < -0.39 is 0 Å². The van der Waals surface area contributed by atoms with E-state index in [4.69, 9.17) is 4.74 Å². The molecule has 0 bridgehead atoms. The van der Waals surface area contributed by atoms with E-state index in [-0.39, 0.29) is 18.3 Å². The third-order valence-corrected chi connectivity index (χ3v) is 4.23. The van der Waals surface area contributed by atoms with E-state index in [2.05, 4.69) is 20.6 Å². The van der Waals surface area contributed by atoms with Gasteiger partial charge in [0.2, 0.25) is 5.95 Å². The summed E-state index contributed by atoms with van der Waals surface area (Å²) >= 11 is 0. The first-order valence-electron chi connectivity index (χ1n) is 9.68. The van der Waals surface area contributed by atoms with Crippen LogP contribution in [-0.4, -0.2) is 28.5 Å². The van der Waals surface area contributed by atoms with Gasteiger partial charge in [-0.1, -0.05) is 18.2 Å². The van der Waals surface area contributed by atoms with E-state index in [1.807, 2.05) is 26.0 Å². The molecule has 1 heterocycles. The minimum absolute atomic E-state index is 0.205. The molecule has 0 aliphatic heterocycles. The van der Waals surface area contributed by atoms with Crippen LogP contribution in [-0.2, 0) is 16.0 Å². The molecule has 0 unspecified atom stereocenters.